The van der Waals surface area contributed by atoms with E-state index in [2.05, 4.69) is 26.0 Å². The molecule has 1 saturated heterocycles. The smallest absolute Gasteiger partial charge is 0.254 e. The number of aliphatic hydroxyl groups excluding tert-OH is 2. The second-order valence-electron chi connectivity index (χ2n) is 9.46. The Hall–Kier alpha value is -4.22. The van der Waals surface area contributed by atoms with Crippen molar-refractivity contribution in [1.29, 1.82) is 0 Å². The SMILES string of the molecule is O=C(c1cccc(Nc2nc3nc4c(cnn24)CCCCC(O)Nc2cccc(c2)N3)c1)N1CC(O)C1. The molecule has 11 nitrogen and oxygen atoms in total. The molecule has 1 amide bonds. The Morgan fingerprint density at radius 1 is 1.03 bits per heavy atom. The van der Waals surface area contributed by atoms with Crippen molar-refractivity contribution in [2.45, 2.75) is 38.0 Å². The van der Waals surface area contributed by atoms with E-state index < -0.39 is 12.3 Å². The van der Waals surface area contributed by atoms with Crippen LogP contribution < -0.4 is 16.0 Å². The van der Waals surface area contributed by atoms with Crippen LogP contribution in [0.25, 0.3) is 5.65 Å². The molecule has 0 spiro atoms. The van der Waals surface area contributed by atoms with Gasteiger partial charge in [-0.25, -0.2) is 0 Å². The predicted molar refractivity (Wildman–Crippen MR) is 139 cm³/mol. The van der Waals surface area contributed by atoms with Crippen molar-refractivity contribution >= 4 is 40.5 Å². The third kappa shape index (κ3) is 4.91. The van der Waals surface area contributed by atoms with E-state index in [1.165, 1.54) is 0 Å². The number of aromatic nitrogens is 4. The van der Waals surface area contributed by atoms with E-state index in [4.69, 9.17) is 4.98 Å². The average molecular weight is 501 g/mol. The van der Waals surface area contributed by atoms with Crippen LogP contribution in [0.1, 0.15) is 35.2 Å². The lowest BCUT2D eigenvalue weighted by Crippen LogP contribution is -2.53. The van der Waals surface area contributed by atoms with Gasteiger partial charge in [-0.15, -0.1) is 0 Å². The Kier molecular flexibility index (Phi) is 6.07. The number of fused-ring (bicyclic) bond motifs is 3. The predicted octanol–water partition coefficient (Wildman–Crippen LogP) is 2.88. The van der Waals surface area contributed by atoms with Gasteiger partial charge < -0.3 is 31.1 Å². The number of likely N-dealkylation sites (tertiary alicyclic amines) is 1. The summed E-state index contributed by atoms with van der Waals surface area (Å²) in [6.45, 7) is 0.702. The number of aryl methyl sites for hydroxylation is 1. The molecule has 190 valence electrons. The summed E-state index contributed by atoms with van der Waals surface area (Å²) in [5, 5.41) is 34.1. The molecule has 11 heteroatoms. The van der Waals surface area contributed by atoms with E-state index in [0.717, 1.165) is 36.2 Å². The number of benzene rings is 2. The first-order valence-corrected chi connectivity index (χ1v) is 12.4. The fraction of sp³-hybridized carbons (Fsp3) is 0.308. The first-order chi connectivity index (χ1) is 18.0. The van der Waals surface area contributed by atoms with Crippen molar-refractivity contribution in [2.75, 3.05) is 29.0 Å². The Morgan fingerprint density at radius 2 is 1.86 bits per heavy atom. The topological polar surface area (TPSA) is 140 Å². The number of nitrogens with one attached hydrogen (secondary N) is 3. The van der Waals surface area contributed by atoms with Crippen LogP contribution in [0.15, 0.2) is 54.7 Å². The largest absolute Gasteiger partial charge is 0.389 e. The number of amides is 1. The van der Waals surface area contributed by atoms with Gasteiger partial charge in [0.25, 0.3) is 5.91 Å². The van der Waals surface area contributed by atoms with Crippen LogP contribution in [0, 0.1) is 0 Å². The maximum Gasteiger partial charge on any atom is 0.254 e. The Bertz CT molecular complexity index is 1450. The third-order valence-corrected chi connectivity index (χ3v) is 6.58. The molecule has 2 aromatic heterocycles. The van der Waals surface area contributed by atoms with Crippen molar-refractivity contribution in [3.05, 3.63) is 65.9 Å². The number of anilines is 5. The minimum atomic E-state index is -0.621. The zero-order valence-electron chi connectivity index (χ0n) is 20.1. The summed E-state index contributed by atoms with van der Waals surface area (Å²) in [5.74, 6) is 0.735. The highest BCUT2D eigenvalue weighted by molar-refractivity contribution is 5.95. The fourth-order valence-electron chi connectivity index (χ4n) is 4.63. The molecular weight excluding hydrogens is 472 g/mol. The van der Waals surface area contributed by atoms with Crippen LogP contribution in [-0.4, -0.2) is 66.0 Å². The molecule has 0 radical (unpaired) electrons. The number of β-amino-alcohol motifs (C(OH)–C–C–N with tert-alkyl or cyclic N) is 1. The lowest BCUT2D eigenvalue weighted by atomic mass is 10.1. The van der Waals surface area contributed by atoms with Gasteiger partial charge in [-0.3, -0.25) is 4.79 Å². The lowest BCUT2D eigenvalue weighted by molar-refractivity contribution is 0.00590. The highest BCUT2D eigenvalue weighted by Crippen LogP contribution is 2.25. The minimum Gasteiger partial charge on any atom is -0.389 e. The van der Waals surface area contributed by atoms with E-state index >= 15 is 0 Å². The Balaban J connectivity index is 1.35. The molecule has 2 aliphatic heterocycles. The molecule has 0 saturated carbocycles. The van der Waals surface area contributed by atoms with E-state index in [1.54, 1.807) is 27.7 Å². The van der Waals surface area contributed by atoms with Crippen molar-refractivity contribution in [3.8, 4) is 0 Å². The number of carbonyl (C=O) groups excluding carboxylic acids is 1. The van der Waals surface area contributed by atoms with E-state index in [-0.39, 0.29) is 5.91 Å². The van der Waals surface area contributed by atoms with Crippen molar-refractivity contribution in [1.82, 2.24) is 24.5 Å². The molecule has 4 heterocycles. The van der Waals surface area contributed by atoms with Crippen LogP contribution in [-0.2, 0) is 6.42 Å². The van der Waals surface area contributed by atoms with Crippen molar-refractivity contribution in [2.24, 2.45) is 0 Å². The molecule has 6 rings (SSSR count). The average Bonchev–Trinajstić information content (AvgIpc) is 3.27. The number of hydrogen-bond acceptors (Lipinski definition) is 9. The summed E-state index contributed by atoms with van der Waals surface area (Å²) in [4.78, 5) is 23.8. The van der Waals surface area contributed by atoms with Crippen molar-refractivity contribution in [3.63, 3.8) is 0 Å². The fourth-order valence-corrected chi connectivity index (χ4v) is 4.63. The molecule has 4 aromatic rings. The number of nitrogens with zero attached hydrogens (tertiary/aromatic N) is 5. The van der Waals surface area contributed by atoms with Crippen LogP contribution in [0.4, 0.5) is 29.0 Å². The molecule has 2 aromatic carbocycles. The van der Waals surface area contributed by atoms with E-state index in [0.29, 0.717) is 48.3 Å². The summed E-state index contributed by atoms with van der Waals surface area (Å²) in [5.41, 5.74) is 4.47. The summed E-state index contributed by atoms with van der Waals surface area (Å²) < 4.78 is 1.67. The van der Waals surface area contributed by atoms with Crippen LogP contribution in [0.2, 0.25) is 0 Å². The van der Waals surface area contributed by atoms with Gasteiger partial charge in [0, 0.05) is 41.3 Å². The maximum atomic E-state index is 12.7. The van der Waals surface area contributed by atoms with Gasteiger partial charge in [-0.1, -0.05) is 12.1 Å². The number of rotatable bonds is 3. The summed E-state index contributed by atoms with van der Waals surface area (Å²) in [6, 6.07) is 14.8. The van der Waals surface area contributed by atoms with Gasteiger partial charge >= 0.3 is 0 Å². The molecule has 1 atom stereocenters. The van der Waals surface area contributed by atoms with Gasteiger partial charge in [0.2, 0.25) is 11.9 Å². The quantitative estimate of drug-likeness (QED) is 0.287. The molecule has 1 fully saturated rings. The second-order valence-corrected chi connectivity index (χ2v) is 9.46. The third-order valence-electron chi connectivity index (χ3n) is 6.58. The van der Waals surface area contributed by atoms with Gasteiger partial charge in [-0.05, 0) is 62.1 Å². The van der Waals surface area contributed by atoms with E-state index in [9.17, 15) is 15.0 Å². The monoisotopic (exact) mass is 500 g/mol. The van der Waals surface area contributed by atoms with Gasteiger partial charge in [-0.2, -0.15) is 19.6 Å². The van der Waals surface area contributed by atoms with Crippen molar-refractivity contribution < 1.29 is 15.0 Å². The Morgan fingerprint density at radius 3 is 2.73 bits per heavy atom. The van der Waals surface area contributed by atoms with Crippen LogP contribution in [0.3, 0.4) is 0 Å². The van der Waals surface area contributed by atoms with Gasteiger partial charge in [0.15, 0.2) is 5.65 Å². The van der Waals surface area contributed by atoms with Gasteiger partial charge in [0.1, 0.15) is 6.23 Å². The number of hydrogen-bond donors (Lipinski definition) is 5. The van der Waals surface area contributed by atoms with Crippen LogP contribution in [0.5, 0.6) is 0 Å². The first-order valence-electron chi connectivity index (χ1n) is 12.4. The number of aliphatic hydroxyl groups is 2. The summed E-state index contributed by atoms with van der Waals surface area (Å²) in [6.07, 6.45) is 3.86. The first kappa shape index (κ1) is 23.2. The second kappa shape index (κ2) is 9.68. The lowest BCUT2D eigenvalue weighted by Gasteiger charge is -2.35. The highest BCUT2D eigenvalue weighted by Gasteiger charge is 2.29. The molecular formula is C26H28N8O3. The zero-order valence-corrected chi connectivity index (χ0v) is 20.1. The summed E-state index contributed by atoms with van der Waals surface area (Å²) in [7, 11) is 0. The molecule has 4 bridgehead atoms. The minimum absolute atomic E-state index is 0.120. The van der Waals surface area contributed by atoms with E-state index in [1.807, 2.05) is 36.4 Å². The standard InChI is InChI=1S/C26H28N8O3/c35-21-14-33(15-21)24(37)16-6-3-7-18(11-16)30-26-32-25-29-20-9-4-8-19(12-20)28-22(36)10-2-1-5-17-13-27-34(26)23(17)31-25/h3-4,6-9,11-13,21-22,28,35-36H,1-2,5,10,14-15H2,(H2,29,30,31,32). The molecule has 1 unspecified atom stereocenters. The highest BCUT2D eigenvalue weighted by atomic mass is 16.3. The molecule has 0 aliphatic carbocycles. The molecule has 37 heavy (non-hydrogen) atoms. The summed E-state index contributed by atoms with van der Waals surface area (Å²) >= 11 is 0. The van der Waals surface area contributed by atoms with Crippen LogP contribution >= 0.6 is 0 Å². The molecule has 2 aliphatic rings. The zero-order chi connectivity index (χ0) is 25.4. The normalized spacial score (nSPS) is 18.0. The maximum absolute atomic E-state index is 12.7. The van der Waals surface area contributed by atoms with Gasteiger partial charge in [0.05, 0.1) is 12.3 Å². The number of carbonyl (C=O) groups is 1. The molecule has 5 N–H and O–H groups in total. The Labute approximate surface area is 213 Å².